The summed E-state index contributed by atoms with van der Waals surface area (Å²) >= 11 is 0. The van der Waals surface area contributed by atoms with Crippen LogP contribution in [0.1, 0.15) is 61.4 Å². The van der Waals surface area contributed by atoms with Crippen molar-refractivity contribution >= 4 is 5.91 Å². The molecule has 6 atom stereocenters. The average molecular weight is 385 g/mol. The Kier molecular flexibility index (Phi) is 5.54. The van der Waals surface area contributed by atoms with Gasteiger partial charge in [-0.3, -0.25) is 4.79 Å². The molecule has 3 aliphatic rings. The van der Waals surface area contributed by atoms with Gasteiger partial charge in [0.2, 0.25) is 5.91 Å². The molecular weight excluding hydrogens is 348 g/mol. The van der Waals surface area contributed by atoms with Crippen LogP contribution < -0.4 is 5.73 Å². The largest absolute Gasteiger partial charge is 0.373 e. The van der Waals surface area contributed by atoms with E-state index in [1.165, 1.54) is 38.6 Å². The van der Waals surface area contributed by atoms with Gasteiger partial charge in [0.1, 0.15) is 0 Å². The highest BCUT2D eigenvalue weighted by Gasteiger charge is 2.49. The summed E-state index contributed by atoms with van der Waals surface area (Å²) < 4.78 is 6.34. The molecule has 4 nitrogen and oxygen atoms in total. The van der Waals surface area contributed by atoms with Gasteiger partial charge in [0.05, 0.1) is 5.60 Å². The molecule has 3 saturated carbocycles. The van der Waals surface area contributed by atoms with Gasteiger partial charge in [0.25, 0.3) is 0 Å². The molecule has 3 aliphatic carbocycles. The summed E-state index contributed by atoms with van der Waals surface area (Å²) in [6, 6.07) is 7.83. The quantitative estimate of drug-likeness (QED) is 0.772. The molecule has 4 rings (SSSR count). The molecule has 0 aromatic heterocycles. The number of benzene rings is 1. The summed E-state index contributed by atoms with van der Waals surface area (Å²) in [7, 11) is 4.12. The van der Waals surface area contributed by atoms with Crippen molar-refractivity contribution in [1.29, 1.82) is 0 Å². The van der Waals surface area contributed by atoms with Crippen molar-refractivity contribution in [3.05, 3.63) is 35.4 Å². The number of ether oxygens (including phenoxy) is 1. The third-order valence-corrected chi connectivity index (χ3v) is 7.91. The number of carbonyl (C=O) groups is 1. The van der Waals surface area contributed by atoms with Crippen LogP contribution in [0.2, 0.25) is 0 Å². The van der Waals surface area contributed by atoms with Crippen LogP contribution >= 0.6 is 0 Å². The zero-order valence-electron chi connectivity index (χ0n) is 17.7. The summed E-state index contributed by atoms with van der Waals surface area (Å²) in [4.78, 5) is 14.3. The van der Waals surface area contributed by atoms with Crippen LogP contribution in [0.4, 0.5) is 0 Å². The Morgan fingerprint density at radius 3 is 2.64 bits per heavy atom. The maximum absolute atomic E-state index is 11.8. The summed E-state index contributed by atoms with van der Waals surface area (Å²) in [5.74, 6) is 3.43. The zero-order chi connectivity index (χ0) is 19.9. The third kappa shape index (κ3) is 3.61. The molecule has 3 fully saturated rings. The van der Waals surface area contributed by atoms with Crippen LogP contribution in [-0.4, -0.2) is 38.1 Å². The Morgan fingerprint density at radius 2 is 1.96 bits per heavy atom. The van der Waals surface area contributed by atoms with Gasteiger partial charge >= 0.3 is 0 Å². The minimum atomic E-state index is -0.370. The van der Waals surface area contributed by atoms with E-state index < -0.39 is 0 Å². The molecule has 28 heavy (non-hydrogen) atoms. The smallest absolute Gasteiger partial charge is 0.248 e. The molecule has 154 valence electrons. The van der Waals surface area contributed by atoms with Crippen molar-refractivity contribution in [3.63, 3.8) is 0 Å². The maximum Gasteiger partial charge on any atom is 0.248 e. The minimum absolute atomic E-state index is 0.351. The van der Waals surface area contributed by atoms with Crippen LogP contribution in [0.15, 0.2) is 24.3 Å². The van der Waals surface area contributed by atoms with Crippen LogP contribution in [-0.2, 0) is 10.3 Å². The van der Waals surface area contributed by atoms with Gasteiger partial charge in [0.15, 0.2) is 0 Å². The molecule has 2 N–H and O–H groups in total. The highest BCUT2D eigenvalue weighted by Crippen LogP contribution is 2.54. The Bertz CT molecular complexity index is 710. The van der Waals surface area contributed by atoms with E-state index in [9.17, 15) is 4.79 Å². The molecule has 0 saturated heterocycles. The monoisotopic (exact) mass is 384 g/mol. The van der Waals surface area contributed by atoms with Crippen molar-refractivity contribution in [1.82, 2.24) is 4.90 Å². The molecule has 0 aliphatic heterocycles. The van der Waals surface area contributed by atoms with E-state index in [-0.39, 0.29) is 11.5 Å². The van der Waals surface area contributed by atoms with Gasteiger partial charge in [-0.2, -0.15) is 0 Å². The van der Waals surface area contributed by atoms with Crippen molar-refractivity contribution in [2.45, 2.75) is 51.0 Å². The standard InChI is InChI=1S/C24H36N2O2/c1-16-6-4-9-22(15-26(2)14-17-10-19-12-20(19)11-17)24(16,28-3)21-8-5-7-18(13-21)23(25)27/h5,7-8,13,16-17,19-20,22H,4,6,9-12,14-15H2,1-3H3,(H2,25,27)/t16?,17?,19-,20+,22?,24?. The molecule has 4 heteroatoms. The minimum Gasteiger partial charge on any atom is -0.373 e. The lowest BCUT2D eigenvalue weighted by molar-refractivity contribution is -0.132. The van der Waals surface area contributed by atoms with E-state index in [0.29, 0.717) is 17.4 Å². The fraction of sp³-hybridized carbons (Fsp3) is 0.708. The lowest BCUT2D eigenvalue weighted by Gasteiger charge is -2.49. The molecule has 0 spiro atoms. The van der Waals surface area contributed by atoms with E-state index in [2.05, 4.69) is 24.9 Å². The number of hydrogen-bond acceptors (Lipinski definition) is 3. The van der Waals surface area contributed by atoms with E-state index in [4.69, 9.17) is 10.5 Å². The number of methoxy groups -OCH3 is 1. The normalized spacial score (nSPS) is 37.1. The SMILES string of the molecule is COC1(c2cccc(C(N)=O)c2)C(C)CCCC1CN(C)CC1C[C@@H]2C[C@@H]2C1. The molecule has 0 radical (unpaired) electrons. The number of hydrogen-bond donors (Lipinski definition) is 1. The third-order valence-electron chi connectivity index (χ3n) is 7.91. The van der Waals surface area contributed by atoms with Gasteiger partial charge in [-0.05, 0) is 80.5 Å². The first-order chi connectivity index (χ1) is 13.4. The number of primary amides is 1. The van der Waals surface area contributed by atoms with Gasteiger partial charge in [0, 0.05) is 31.7 Å². The van der Waals surface area contributed by atoms with Gasteiger partial charge < -0.3 is 15.4 Å². The zero-order valence-corrected chi connectivity index (χ0v) is 17.7. The number of nitrogens with two attached hydrogens (primary N) is 1. The number of rotatable bonds is 7. The lowest BCUT2D eigenvalue weighted by Crippen LogP contribution is -2.50. The summed E-state index contributed by atoms with van der Waals surface area (Å²) in [6.07, 6.45) is 7.93. The summed E-state index contributed by atoms with van der Waals surface area (Å²) in [5.41, 5.74) is 6.90. The van der Waals surface area contributed by atoms with Gasteiger partial charge in [-0.1, -0.05) is 25.5 Å². The number of amides is 1. The Morgan fingerprint density at radius 1 is 1.21 bits per heavy atom. The molecule has 0 heterocycles. The van der Waals surface area contributed by atoms with Crippen LogP contribution in [0.25, 0.3) is 0 Å². The predicted molar refractivity (Wildman–Crippen MR) is 112 cm³/mol. The first-order valence-electron chi connectivity index (χ1n) is 11.1. The fourth-order valence-electron chi connectivity index (χ4n) is 6.53. The number of carbonyl (C=O) groups excluding carboxylic acids is 1. The Hall–Kier alpha value is -1.39. The second kappa shape index (κ2) is 7.79. The molecule has 4 unspecified atom stereocenters. The highest BCUT2D eigenvalue weighted by atomic mass is 16.5. The molecule has 1 aromatic carbocycles. The number of nitrogens with zero attached hydrogens (tertiary/aromatic N) is 1. The van der Waals surface area contributed by atoms with Crippen molar-refractivity contribution < 1.29 is 9.53 Å². The van der Waals surface area contributed by atoms with Crippen molar-refractivity contribution in [2.75, 3.05) is 27.2 Å². The van der Waals surface area contributed by atoms with E-state index in [0.717, 1.165) is 36.3 Å². The lowest BCUT2D eigenvalue weighted by atomic mass is 9.65. The van der Waals surface area contributed by atoms with E-state index >= 15 is 0 Å². The van der Waals surface area contributed by atoms with E-state index in [1.54, 1.807) is 6.07 Å². The van der Waals surface area contributed by atoms with Crippen LogP contribution in [0.5, 0.6) is 0 Å². The topological polar surface area (TPSA) is 55.6 Å². The first-order valence-corrected chi connectivity index (χ1v) is 11.1. The van der Waals surface area contributed by atoms with Gasteiger partial charge in [-0.15, -0.1) is 0 Å². The average Bonchev–Trinajstić information content (AvgIpc) is 3.28. The second-order valence-corrected chi connectivity index (χ2v) is 9.79. The molecular formula is C24H36N2O2. The van der Waals surface area contributed by atoms with Crippen molar-refractivity contribution in [3.8, 4) is 0 Å². The van der Waals surface area contributed by atoms with E-state index in [1.807, 2.05) is 19.2 Å². The fourth-order valence-corrected chi connectivity index (χ4v) is 6.53. The second-order valence-electron chi connectivity index (χ2n) is 9.79. The summed E-state index contributed by atoms with van der Waals surface area (Å²) in [5, 5.41) is 0. The highest BCUT2D eigenvalue weighted by molar-refractivity contribution is 5.92. The first kappa shape index (κ1) is 19.9. The molecule has 0 bridgehead atoms. The summed E-state index contributed by atoms with van der Waals surface area (Å²) in [6.45, 7) is 4.56. The van der Waals surface area contributed by atoms with Crippen LogP contribution in [0.3, 0.4) is 0 Å². The Labute approximate surface area is 169 Å². The molecule has 1 aromatic rings. The number of fused-ring (bicyclic) bond motifs is 1. The van der Waals surface area contributed by atoms with Gasteiger partial charge in [-0.25, -0.2) is 0 Å². The Balaban J connectivity index is 1.55. The predicted octanol–water partition coefficient (Wildman–Crippen LogP) is 4.04. The van der Waals surface area contributed by atoms with Crippen LogP contribution in [0, 0.1) is 29.6 Å². The maximum atomic E-state index is 11.8. The van der Waals surface area contributed by atoms with Crippen molar-refractivity contribution in [2.24, 2.45) is 35.3 Å². The molecule has 1 amide bonds.